The van der Waals surface area contributed by atoms with Crippen molar-refractivity contribution in [2.45, 2.75) is 6.42 Å². The lowest BCUT2D eigenvalue weighted by Gasteiger charge is -2.35. The number of rotatable bonds is 2. The van der Waals surface area contributed by atoms with Gasteiger partial charge in [0.25, 0.3) is 5.88 Å². The summed E-state index contributed by atoms with van der Waals surface area (Å²) in [6, 6.07) is 3.23. The molecule has 0 spiro atoms. The highest BCUT2D eigenvalue weighted by Gasteiger charge is 2.35. The number of hydrogen-bond donors (Lipinski definition) is 4. The number of anilines is 1. The van der Waals surface area contributed by atoms with E-state index in [0.29, 0.717) is 18.5 Å². The van der Waals surface area contributed by atoms with Crippen LogP contribution in [-0.2, 0) is 0 Å². The minimum absolute atomic E-state index is 0.0713. The summed E-state index contributed by atoms with van der Waals surface area (Å²) < 4.78 is 26.5. The van der Waals surface area contributed by atoms with Gasteiger partial charge in [0, 0.05) is 24.5 Å². The molecule has 4 N–H and O–H groups in total. The summed E-state index contributed by atoms with van der Waals surface area (Å²) in [5, 5.41) is 19.9. The average molecular weight is 298 g/mol. The van der Waals surface area contributed by atoms with Crippen LogP contribution in [0.5, 0.6) is 11.5 Å². The lowest BCUT2D eigenvalue weighted by Crippen LogP contribution is -2.21. The zero-order valence-corrected chi connectivity index (χ0v) is 11.2. The summed E-state index contributed by atoms with van der Waals surface area (Å²) in [5.74, 6) is -0.737. The topological polar surface area (TPSA) is 110 Å². The van der Waals surface area contributed by atoms with E-state index in [1.807, 2.05) is 0 Å². The van der Waals surface area contributed by atoms with Gasteiger partial charge in [0.1, 0.15) is 0 Å². The molecule has 0 radical (unpaired) electrons. The van der Waals surface area contributed by atoms with Crippen molar-refractivity contribution in [3.63, 3.8) is 0 Å². The third kappa shape index (κ3) is 1.98. The first kappa shape index (κ1) is 13.1. The van der Waals surface area contributed by atoms with Crippen molar-refractivity contribution in [2.75, 3.05) is 16.6 Å². The summed E-state index contributed by atoms with van der Waals surface area (Å²) in [5.41, 5.74) is 0.537. The lowest BCUT2D eigenvalue weighted by molar-refractivity contribution is 0.409. The van der Waals surface area contributed by atoms with E-state index in [4.69, 9.17) is 4.42 Å². The van der Waals surface area contributed by atoms with Crippen molar-refractivity contribution in [3.05, 3.63) is 24.5 Å². The summed E-state index contributed by atoms with van der Waals surface area (Å²) in [7, 11) is -2.99. The largest absolute Gasteiger partial charge is 0.502 e. The molecule has 0 amide bonds. The number of nitrogens with zero attached hydrogens (tertiary/aromatic N) is 2. The molecule has 8 heteroatoms. The molecule has 2 aromatic rings. The Hall–Kier alpha value is -1.90. The van der Waals surface area contributed by atoms with Gasteiger partial charge >= 0.3 is 0 Å². The molecule has 0 unspecified atom stereocenters. The van der Waals surface area contributed by atoms with Crippen LogP contribution in [0.25, 0.3) is 11.3 Å². The van der Waals surface area contributed by atoms with Gasteiger partial charge in [0.15, 0.2) is 5.76 Å². The van der Waals surface area contributed by atoms with Crippen molar-refractivity contribution in [1.82, 2.24) is 4.98 Å². The normalized spacial score (nSPS) is 19.2. The van der Waals surface area contributed by atoms with Gasteiger partial charge in [-0.3, -0.25) is 14.1 Å². The molecule has 20 heavy (non-hydrogen) atoms. The smallest absolute Gasteiger partial charge is 0.261 e. The molecule has 1 fully saturated rings. The molecule has 108 valence electrons. The fourth-order valence-electron chi connectivity index (χ4n) is 2.16. The van der Waals surface area contributed by atoms with E-state index in [0.717, 1.165) is 0 Å². The maximum Gasteiger partial charge on any atom is 0.261 e. The highest BCUT2D eigenvalue weighted by molar-refractivity contribution is 8.25. The Kier molecular flexibility index (Phi) is 3.00. The monoisotopic (exact) mass is 298 g/mol. The molecule has 3 heterocycles. The number of hydrogen-bond acceptors (Lipinski definition) is 7. The molecule has 0 saturated carbocycles. The Balaban J connectivity index is 2.07. The van der Waals surface area contributed by atoms with Crippen LogP contribution in [0.4, 0.5) is 5.88 Å². The van der Waals surface area contributed by atoms with Crippen molar-refractivity contribution in [2.24, 2.45) is 0 Å². The van der Waals surface area contributed by atoms with Crippen LogP contribution in [0.3, 0.4) is 0 Å². The summed E-state index contributed by atoms with van der Waals surface area (Å²) in [6.07, 6.45) is 3.63. The minimum Gasteiger partial charge on any atom is -0.502 e. The number of pyridine rings is 1. The van der Waals surface area contributed by atoms with E-state index in [9.17, 15) is 19.3 Å². The van der Waals surface area contributed by atoms with Crippen LogP contribution in [0, 0.1) is 0 Å². The van der Waals surface area contributed by atoms with E-state index in [2.05, 4.69) is 4.98 Å². The summed E-state index contributed by atoms with van der Waals surface area (Å²) in [6.45, 7) is 0.346. The third-order valence-corrected chi connectivity index (χ3v) is 5.03. The van der Waals surface area contributed by atoms with Crippen molar-refractivity contribution < 1.29 is 23.7 Å². The highest BCUT2D eigenvalue weighted by Crippen LogP contribution is 2.57. The Labute approximate surface area is 116 Å². The Morgan fingerprint density at radius 3 is 2.45 bits per heavy atom. The van der Waals surface area contributed by atoms with Crippen LogP contribution < -0.4 is 4.31 Å². The zero-order valence-electron chi connectivity index (χ0n) is 10.4. The number of furan rings is 1. The van der Waals surface area contributed by atoms with Crippen molar-refractivity contribution in [1.29, 1.82) is 0 Å². The SMILES string of the molecule is Oc1c(-c2ccncc2)oc(N2CCCS2(O)O)c1O. The predicted molar refractivity (Wildman–Crippen MR) is 74.9 cm³/mol. The van der Waals surface area contributed by atoms with Crippen molar-refractivity contribution >= 4 is 16.7 Å². The van der Waals surface area contributed by atoms with E-state index < -0.39 is 22.3 Å². The molecular weight excluding hydrogens is 284 g/mol. The number of aromatic hydroxyl groups is 2. The van der Waals surface area contributed by atoms with Gasteiger partial charge in [-0.1, -0.05) is 0 Å². The molecule has 1 saturated heterocycles. The standard InChI is InChI=1S/C12H14N2O5S/c15-9-10(16)12(14-6-1-7-20(14,17)18)19-11(9)8-2-4-13-5-3-8/h2-5,15-18H,1,6-7H2. The zero-order chi connectivity index (χ0) is 14.3. The maximum atomic E-state index is 9.96. The molecule has 0 aromatic carbocycles. The molecule has 0 bridgehead atoms. The van der Waals surface area contributed by atoms with Crippen molar-refractivity contribution in [3.8, 4) is 22.8 Å². The minimum atomic E-state index is -2.99. The van der Waals surface area contributed by atoms with Gasteiger partial charge in [-0.05, 0) is 18.6 Å². The van der Waals surface area contributed by atoms with Crippen LogP contribution in [0.1, 0.15) is 6.42 Å². The summed E-state index contributed by atoms with van der Waals surface area (Å²) >= 11 is 0. The third-order valence-electron chi connectivity index (χ3n) is 3.14. The number of aromatic nitrogens is 1. The Bertz CT molecular complexity index is 628. The molecule has 1 aliphatic heterocycles. The second-order valence-electron chi connectivity index (χ2n) is 4.46. The molecular formula is C12H14N2O5S. The highest BCUT2D eigenvalue weighted by atomic mass is 32.3. The van der Waals surface area contributed by atoms with Gasteiger partial charge in [0.05, 0.1) is 5.75 Å². The van der Waals surface area contributed by atoms with E-state index >= 15 is 0 Å². The molecule has 7 nitrogen and oxygen atoms in total. The van der Waals surface area contributed by atoms with E-state index in [-0.39, 0.29) is 17.4 Å². The van der Waals surface area contributed by atoms with Gasteiger partial charge in [-0.2, -0.15) is 0 Å². The Morgan fingerprint density at radius 1 is 1.15 bits per heavy atom. The second kappa shape index (κ2) is 4.58. The predicted octanol–water partition coefficient (Wildman–Crippen LogP) is 2.63. The molecule has 3 rings (SSSR count). The fraction of sp³-hybridized carbons (Fsp3) is 0.250. The van der Waals surface area contributed by atoms with Crippen LogP contribution in [0.2, 0.25) is 0 Å². The van der Waals surface area contributed by atoms with Crippen LogP contribution >= 0.6 is 10.8 Å². The van der Waals surface area contributed by atoms with Gasteiger partial charge in [-0.25, -0.2) is 4.31 Å². The Morgan fingerprint density at radius 2 is 1.85 bits per heavy atom. The molecule has 2 aromatic heterocycles. The van der Waals surface area contributed by atoms with E-state index in [1.165, 1.54) is 16.7 Å². The second-order valence-corrected chi connectivity index (χ2v) is 6.57. The van der Waals surface area contributed by atoms with Gasteiger partial charge in [0.2, 0.25) is 11.5 Å². The van der Waals surface area contributed by atoms with Crippen LogP contribution in [-0.4, -0.2) is 36.6 Å². The average Bonchev–Trinajstić information content (AvgIpc) is 2.92. The first-order valence-corrected chi connectivity index (χ1v) is 7.66. The van der Waals surface area contributed by atoms with Crippen LogP contribution in [0.15, 0.2) is 28.9 Å². The molecule has 0 aliphatic carbocycles. The fourth-order valence-corrected chi connectivity index (χ4v) is 3.71. The first-order chi connectivity index (χ1) is 9.50. The molecule has 1 aliphatic rings. The lowest BCUT2D eigenvalue weighted by atomic mass is 10.2. The van der Waals surface area contributed by atoms with E-state index in [1.54, 1.807) is 12.1 Å². The van der Waals surface area contributed by atoms with Gasteiger partial charge < -0.3 is 14.6 Å². The quantitative estimate of drug-likeness (QED) is 0.674. The maximum absolute atomic E-state index is 9.96. The summed E-state index contributed by atoms with van der Waals surface area (Å²) in [4.78, 5) is 3.86. The van der Waals surface area contributed by atoms with Gasteiger partial charge in [-0.15, -0.1) is 10.8 Å². The molecule has 0 atom stereocenters. The first-order valence-electron chi connectivity index (χ1n) is 5.99.